The third-order valence-corrected chi connectivity index (χ3v) is 4.45. The summed E-state index contributed by atoms with van der Waals surface area (Å²) in [6.07, 6.45) is 0.942. The van der Waals surface area contributed by atoms with E-state index >= 15 is 0 Å². The Morgan fingerprint density at radius 2 is 1.46 bits per heavy atom. The molecule has 0 aliphatic carbocycles. The lowest BCUT2D eigenvalue weighted by molar-refractivity contribution is -0.879. The Kier molecular flexibility index (Phi) is 7.96. The highest BCUT2D eigenvalue weighted by atomic mass is 79.9. The monoisotopic (exact) mass is 423 g/mol. The molecule has 0 radical (unpaired) electrons. The number of carbonyl (C=O) groups excluding carboxylic acids is 1. The summed E-state index contributed by atoms with van der Waals surface area (Å²) in [6, 6.07) is 16.4. The van der Waals surface area contributed by atoms with Crippen LogP contribution in [0, 0.1) is 0 Å². The lowest BCUT2D eigenvalue weighted by Crippen LogP contribution is -2.46. The SMILES string of the molecule is Br.C[N+]1(C)CCC(O)C1.O=C([O-])C(O)(c1ccccc1)c1ccccc1. The molecule has 2 aromatic carbocycles. The number of carboxylic acids is 1. The summed E-state index contributed by atoms with van der Waals surface area (Å²) in [5.41, 5.74) is -1.54. The summed E-state index contributed by atoms with van der Waals surface area (Å²) < 4.78 is 0.987. The second kappa shape index (κ2) is 9.28. The van der Waals surface area contributed by atoms with E-state index in [-0.39, 0.29) is 34.2 Å². The van der Waals surface area contributed by atoms with Crippen LogP contribution in [0.4, 0.5) is 0 Å². The Morgan fingerprint density at radius 3 is 1.69 bits per heavy atom. The van der Waals surface area contributed by atoms with Crippen LogP contribution >= 0.6 is 17.0 Å². The van der Waals surface area contributed by atoms with Gasteiger partial charge in [0.05, 0.1) is 26.6 Å². The molecule has 26 heavy (non-hydrogen) atoms. The maximum absolute atomic E-state index is 11.3. The minimum Gasteiger partial charge on any atom is -0.546 e. The molecular formula is C20H26BrNO4. The molecule has 0 bridgehead atoms. The number of quaternary nitrogens is 1. The Bertz CT molecular complexity index is 652. The van der Waals surface area contributed by atoms with Crippen LogP contribution < -0.4 is 5.11 Å². The van der Waals surface area contributed by atoms with E-state index in [0.717, 1.165) is 24.0 Å². The fraction of sp³-hybridized carbons (Fsp3) is 0.350. The zero-order valence-electron chi connectivity index (χ0n) is 15.0. The number of carboxylic acid groups (broad SMARTS) is 1. The molecule has 1 fully saturated rings. The van der Waals surface area contributed by atoms with E-state index in [4.69, 9.17) is 5.11 Å². The number of halogens is 1. The van der Waals surface area contributed by atoms with Gasteiger partial charge in [0.1, 0.15) is 12.6 Å². The minimum atomic E-state index is -2.11. The summed E-state index contributed by atoms with van der Waals surface area (Å²) >= 11 is 0. The van der Waals surface area contributed by atoms with E-state index in [1.165, 1.54) is 0 Å². The molecular weight excluding hydrogens is 398 g/mol. The molecule has 2 aromatic rings. The van der Waals surface area contributed by atoms with Crippen molar-refractivity contribution in [1.82, 2.24) is 0 Å². The largest absolute Gasteiger partial charge is 0.546 e. The third kappa shape index (κ3) is 5.38. The van der Waals surface area contributed by atoms with E-state index in [1.807, 2.05) is 0 Å². The van der Waals surface area contributed by atoms with Crippen molar-refractivity contribution < 1.29 is 24.6 Å². The van der Waals surface area contributed by atoms with E-state index < -0.39 is 11.6 Å². The average Bonchev–Trinajstić information content (AvgIpc) is 2.93. The smallest absolute Gasteiger partial charge is 0.154 e. The molecule has 0 aromatic heterocycles. The second-order valence-corrected chi connectivity index (χ2v) is 7.01. The molecule has 6 heteroatoms. The van der Waals surface area contributed by atoms with E-state index in [9.17, 15) is 15.0 Å². The summed E-state index contributed by atoms with van der Waals surface area (Å²) in [7, 11) is 4.30. The van der Waals surface area contributed by atoms with Gasteiger partial charge in [-0.25, -0.2) is 0 Å². The first-order chi connectivity index (χ1) is 11.8. The van der Waals surface area contributed by atoms with Gasteiger partial charge in [-0.1, -0.05) is 60.7 Å². The maximum atomic E-state index is 11.3. The predicted molar refractivity (Wildman–Crippen MR) is 104 cm³/mol. The van der Waals surface area contributed by atoms with Crippen molar-refractivity contribution in [2.24, 2.45) is 0 Å². The molecule has 0 amide bonds. The second-order valence-electron chi connectivity index (χ2n) is 7.01. The maximum Gasteiger partial charge on any atom is 0.154 e. The number of aliphatic carboxylic acids is 1. The fourth-order valence-corrected chi connectivity index (χ4v) is 3.01. The van der Waals surface area contributed by atoms with Crippen molar-refractivity contribution in [2.45, 2.75) is 18.1 Å². The van der Waals surface area contributed by atoms with Crippen LogP contribution in [-0.4, -0.2) is 54.0 Å². The summed E-state index contributed by atoms with van der Waals surface area (Å²) in [4.78, 5) is 11.3. The molecule has 1 aliphatic rings. The van der Waals surface area contributed by atoms with Crippen LogP contribution in [0.2, 0.25) is 0 Å². The Balaban J connectivity index is 0.000000318. The zero-order valence-corrected chi connectivity index (χ0v) is 16.8. The minimum absolute atomic E-state index is 0. The molecule has 142 valence electrons. The van der Waals surface area contributed by atoms with Crippen molar-refractivity contribution in [1.29, 1.82) is 0 Å². The highest BCUT2D eigenvalue weighted by Crippen LogP contribution is 2.28. The van der Waals surface area contributed by atoms with E-state index in [1.54, 1.807) is 60.7 Å². The van der Waals surface area contributed by atoms with E-state index in [2.05, 4.69) is 14.1 Å². The van der Waals surface area contributed by atoms with Gasteiger partial charge in [-0.15, -0.1) is 17.0 Å². The molecule has 5 nitrogen and oxygen atoms in total. The number of likely N-dealkylation sites (N-methyl/N-ethyl adjacent to an activating group) is 1. The standard InChI is InChI=1S/C14H12O3.C6H14NO.BrH/c15-13(16)14(17,11-7-3-1-4-8-11)12-9-5-2-6-10-12;1-7(2)4-3-6(8)5-7;/h1-10,17H,(H,15,16);6,8H,3-5H2,1-2H3;1H/q;+1;/p-1. The van der Waals surface area contributed by atoms with Crippen LogP contribution in [0.25, 0.3) is 0 Å². The third-order valence-electron chi connectivity index (χ3n) is 4.45. The normalized spacial score (nSPS) is 18.2. The van der Waals surface area contributed by atoms with Crippen molar-refractivity contribution >= 4 is 23.0 Å². The molecule has 1 heterocycles. The van der Waals surface area contributed by atoms with Crippen LogP contribution in [-0.2, 0) is 10.4 Å². The first-order valence-corrected chi connectivity index (χ1v) is 8.30. The van der Waals surface area contributed by atoms with Crippen LogP contribution in [0.1, 0.15) is 17.5 Å². The predicted octanol–water partition coefficient (Wildman–Crippen LogP) is 1.08. The molecule has 0 spiro atoms. The zero-order chi connectivity index (χ0) is 18.5. The Hall–Kier alpha value is -1.73. The van der Waals surface area contributed by atoms with Gasteiger partial charge in [0.25, 0.3) is 0 Å². The summed E-state index contributed by atoms with van der Waals surface area (Å²) in [6.45, 7) is 2.06. The Morgan fingerprint density at radius 1 is 1.04 bits per heavy atom. The van der Waals surface area contributed by atoms with E-state index in [0.29, 0.717) is 0 Å². The highest BCUT2D eigenvalue weighted by Gasteiger charge is 2.32. The van der Waals surface area contributed by atoms with Crippen LogP contribution in [0.5, 0.6) is 0 Å². The van der Waals surface area contributed by atoms with Crippen LogP contribution in [0.15, 0.2) is 60.7 Å². The number of carbonyl (C=O) groups is 1. The molecule has 1 saturated heterocycles. The molecule has 1 atom stereocenters. The Labute approximate surface area is 164 Å². The molecule has 2 N–H and O–H groups in total. The topological polar surface area (TPSA) is 80.6 Å². The van der Waals surface area contributed by atoms with Crippen molar-refractivity contribution in [3.8, 4) is 0 Å². The first-order valence-electron chi connectivity index (χ1n) is 8.30. The number of rotatable bonds is 3. The van der Waals surface area contributed by atoms with Crippen molar-refractivity contribution in [3.05, 3.63) is 71.8 Å². The molecule has 3 rings (SSSR count). The number of nitrogens with zero attached hydrogens (tertiary/aromatic N) is 1. The summed E-state index contributed by atoms with van der Waals surface area (Å²) in [5, 5.41) is 30.7. The molecule has 1 unspecified atom stereocenters. The number of aliphatic hydroxyl groups is 2. The fourth-order valence-electron chi connectivity index (χ4n) is 3.01. The lowest BCUT2D eigenvalue weighted by Gasteiger charge is -2.30. The lowest BCUT2D eigenvalue weighted by atomic mass is 9.86. The van der Waals surface area contributed by atoms with Gasteiger partial charge in [0.15, 0.2) is 5.60 Å². The van der Waals surface area contributed by atoms with Crippen molar-refractivity contribution in [3.63, 3.8) is 0 Å². The van der Waals surface area contributed by atoms with Gasteiger partial charge in [-0.2, -0.15) is 0 Å². The van der Waals surface area contributed by atoms with Gasteiger partial charge >= 0.3 is 0 Å². The molecule has 0 saturated carbocycles. The van der Waals surface area contributed by atoms with Crippen molar-refractivity contribution in [2.75, 3.05) is 27.2 Å². The van der Waals surface area contributed by atoms with Crippen LogP contribution in [0.3, 0.4) is 0 Å². The van der Waals surface area contributed by atoms with Gasteiger partial charge < -0.3 is 24.6 Å². The van der Waals surface area contributed by atoms with Gasteiger partial charge in [0, 0.05) is 6.42 Å². The summed E-state index contributed by atoms with van der Waals surface area (Å²) in [5.74, 6) is -1.53. The number of hydrogen-bond acceptors (Lipinski definition) is 4. The van der Waals surface area contributed by atoms with Gasteiger partial charge in [0.2, 0.25) is 0 Å². The average molecular weight is 424 g/mol. The van der Waals surface area contributed by atoms with Gasteiger partial charge in [-0.05, 0) is 11.1 Å². The quantitative estimate of drug-likeness (QED) is 0.723. The number of benzene rings is 2. The highest BCUT2D eigenvalue weighted by molar-refractivity contribution is 8.93. The van der Waals surface area contributed by atoms with Gasteiger partial charge in [-0.3, -0.25) is 0 Å². The number of likely N-dealkylation sites (tertiary alicyclic amines) is 1. The number of aliphatic hydroxyl groups excluding tert-OH is 1. The first kappa shape index (κ1) is 22.3. The molecule has 1 aliphatic heterocycles. The number of hydrogen-bond donors (Lipinski definition) is 2.